The van der Waals surface area contributed by atoms with E-state index in [4.69, 9.17) is 32.9 Å². The Balaban J connectivity index is 1.50. The number of amidine groups is 1. The van der Waals surface area contributed by atoms with E-state index >= 15 is 0 Å². The van der Waals surface area contributed by atoms with Crippen LogP contribution in [0.5, 0.6) is 5.75 Å². The summed E-state index contributed by atoms with van der Waals surface area (Å²) in [6, 6.07) is 22.6. The number of halogens is 3. The van der Waals surface area contributed by atoms with Crippen molar-refractivity contribution >= 4 is 85.1 Å². The maximum Gasteiger partial charge on any atom is 0.271 e. The molecule has 1 saturated heterocycles. The number of aryl methyl sites for hydroxylation is 2. The number of aliphatic imine (C=N–C) groups is 1. The molecule has 0 aromatic heterocycles. The summed E-state index contributed by atoms with van der Waals surface area (Å²) in [6.07, 6.45) is 1.76. The number of ether oxygens (including phenoxy) is 1. The second-order valence-corrected chi connectivity index (χ2v) is 12.1. The molecule has 0 radical (unpaired) electrons. The van der Waals surface area contributed by atoms with Crippen LogP contribution >= 0.6 is 50.9 Å². The predicted molar refractivity (Wildman–Crippen MR) is 174 cm³/mol. The van der Waals surface area contributed by atoms with Crippen molar-refractivity contribution in [2.75, 3.05) is 4.90 Å². The number of hydrogen-bond acceptors (Lipinski definition) is 6. The fraction of sp³-hybridized carbons (Fsp3) is 0.0968. The number of carbonyl (C=O) groups is 1. The Kier molecular flexibility index (Phi) is 9.03. The number of anilines is 1. The van der Waals surface area contributed by atoms with Crippen molar-refractivity contribution < 1.29 is 14.5 Å². The van der Waals surface area contributed by atoms with Gasteiger partial charge < -0.3 is 4.74 Å². The van der Waals surface area contributed by atoms with Gasteiger partial charge in [0.2, 0.25) is 0 Å². The quantitative estimate of drug-likeness (QED) is 0.110. The highest BCUT2D eigenvalue weighted by atomic mass is 79.9. The number of carbonyl (C=O) groups excluding carboxylic acids is 1. The highest BCUT2D eigenvalue weighted by Crippen LogP contribution is 2.40. The van der Waals surface area contributed by atoms with Gasteiger partial charge in [0.25, 0.3) is 11.6 Å². The molecule has 1 aliphatic rings. The first kappa shape index (κ1) is 29.8. The van der Waals surface area contributed by atoms with Crippen molar-refractivity contribution in [3.8, 4) is 5.75 Å². The third-order valence-electron chi connectivity index (χ3n) is 6.40. The molecule has 0 atom stereocenters. The Morgan fingerprint density at radius 3 is 2.33 bits per heavy atom. The lowest BCUT2D eigenvalue weighted by atomic mass is 10.1. The fourth-order valence-corrected chi connectivity index (χ4v) is 5.76. The summed E-state index contributed by atoms with van der Waals surface area (Å²) in [4.78, 5) is 31.1. The predicted octanol–water partition coefficient (Wildman–Crippen LogP) is 9.67. The van der Waals surface area contributed by atoms with Crippen LogP contribution in [0.15, 0.2) is 93.2 Å². The first-order valence-corrected chi connectivity index (χ1v) is 15.0. The third kappa shape index (κ3) is 6.71. The molecule has 4 aromatic carbocycles. The van der Waals surface area contributed by atoms with Crippen LogP contribution in [-0.4, -0.2) is 16.0 Å². The van der Waals surface area contributed by atoms with E-state index in [1.54, 1.807) is 36.4 Å². The van der Waals surface area contributed by atoms with Crippen molar-refractivity contribution in [1.29, 1.82) is 0 Å². The monoisotopic (exact) mass is 681 g/mol. The van der Waals surface area contributed by atoms with Crippen LogP contribution in [0.1, 0.15) is 22.3 Å². The lowest BCUT2D eigenvalue weighted by molar-refractivity contribution is -0.384. The zero-order valence-electron chi connectivity index (χ0n) is 22.3. The molecular formula is C31H22BrCl2N3O4S. The average molecular weight is 683 g/mol. The number of amides is 1. The SMILES string of the molecule is Cc1ccc(N=C2S/C(=C/c3cc(Br)ccc3OCc3ccc([N+](=O)[O-])cc3)C(=O)N2c2ccc(C)c(Cl)c2)cc1Cl. The molecule has 1 fully saturated rings. The van der Waals surface area contributed by atoms with E-state index < -0.39 is 4.92 Å². The minimum absolute atomic E-state index is 0.00869. The zero-order valence-corrected chi connectivity index (χ0v) is 26.2. The maximum absolute atomic E-state index is 13.9. The van der Waals surface area contributed by atoms with E-state index in [1.165, 1.54) is 28.8 Å². The van der Waals surface area contributed by atoms with Crippen LogP contribution < -0.4 is 9.64 Å². The van der Waals surface area contributed by atoms with Gasteiger partial charge in [0.05, 0.1) is 21.2 Å². The van der Waals surface area contributed by atoms with Crippen molar-refractivity contribution in [2.24, 2.45) is 4.99 Å². The summed E-state index contributed by atoms with van der Waals surface area (Å²) < 4.78 is 6.88. The summed E-state index contributed by atoms with van der Waals surface area (Å²) in [5, 5.41) is 12.5. The Morgan fingerprint density at radius 2 is 1.67 bits per heavy atom. The molecule has 5 rings (SSSR count). The first-order valence-electron chi connectivity index (χ1n) is 12.6. The van der Waals surface area contributed by atoms with Gasteiger partial charge in [-0.15, -0.1) is 0 Å². The molecular weight excluding hydrogens is 661 g/mol. The van der Waals surface area contributed by atoms with Crippen LogP contribution in [0.4, 0.5) is 17.1 Å². The van der Waals surface area contributed by atoms with Gasteiger partial charge in [-0.1, -0.05) is 51.3 Å². The summed E-state index contributed by atoms with van der Waals surface area (Å²) in [5.41, 5.74) is 4.46. The lowest BCUT2D eigenvalue weighted by Gasteiger charge is -2.16. The van der Waals surface area contributed by atoms with Crippen molar-refractivity contribution in [3.63, 3.8) is 0 Å². The molecule has 0 spiro atoms. The minimum Gasteiger partial charge on any atom is -0.488 e. The van der Waals surface area contributed by atoms with E-state index in [1.807, 2.05) is 50.2 Å². The zero-order chi connectivity index (χ0) is 30.0. The fourth-order valence-electron chi connectivity index (χ4n) is 4.04. The first-order chi connectivity index (χ1) is 20.1. The van der Waals surface area contributed by atoms with E-state index in [0.29, 0.717) is 42.8 Å². The Morgan fingerprint density at radius 1 is 0.976 bits per heavy atom. The highest BCUT2D eigenvalue weighted by Gasteiger charge is 2.35. The van der Waals surface area contributed by atoms with E-state index in [2.05, 4.69) is 15.9 Å². The van der Waals surface area contributed by atoms with Gasteiger partial charge in [0.15, 0.2) is 5.17 Å². The molecule has 11 heteroatoms. The molecule has 7 nitrogen and oxygen atoms in total. The molecule has 0 unspecified atom stereocenters. The van der Waals surface area contributed by atoms with Gasteiger partial charge in [-0.3, -0.25) is 19.8 Å². The standard InChI is InChI=1S/C31H22BrCl2N3O4S/c1-18-3-8-23(15-26(18)33)35-31-36(25-9-4-19(2)27(34)16-25)30(38)29(42-31)14-21-13-22(32)7-12-28(21)41-17-20-5-10-24(11-6-20)37(39)40/h3-16H,17H2,1-2H3/b29-14+,35-31?. The molecule has 0 bridgehead atoms. The van der Waals surface area contributed by atoms with Crippen LogP contribution in [0.25, 0.3) is 6.08 Å². The summed E-state index contributed by atoms with van der Waals surface area (Å²) in [6.45, 7) is 3.99. The third-order valence-corrected chi connectivity index (χ3v) is 8.68. The van der Waals surface area contributed by atoms with Gasteiger partial charge in [-0.2, -0.15) is 0 Å². The number of non-ortho nitro benzene ring substituents is 1. The van der Waals surface area contributed by atoms with Crippen LogP contribution in [0.3, 0.4) is 0 Å². The molecule has 0 N–H and O–H groups in total. The van der Waals surface area contributed by atoms with Gasteiger partial charge in [-0.25, -0.2) is 4.99 Å². The summed E-state index contributed by atoms with van der Waals surface area (Å²) >= 11 is 17.5. The normalized spacial score (nSPS) is 15.1. The summed E-state index contributed by atoms with van der Waals surface area (Å²) in [5.74, 6) is 0.274. The molecule has 0 saturated carbocycles. The number of nitro groups is 1. The highest BCUT2D eigenvalue weighted by molar-refractivity contribution is 9.10. The van der Waals surface area contributed by atoms with Gasteiger partial charge in [-0.05, 0) is 103 Å². The van der Waals surface area contributed by atoms with Crippen molar-refractivity contribution in [3.05, 3.63) is 131 Å². The van der Waals surface area contributed by atoms with Gasteiger partial charge in [0, 0.05) is 32.2 Å². The number of hydrogen-bond donors (Lipinski definition) is 0. The lowest BCUT2D eigenvalue weighted by Crippen LogP contribution is -2.28. The Hall–Kier alpha value is -3.63. The Bertz CT molecular complexity index is 1780. The maximum atomic E-state index is 13.9. The molecule has 4 aromatic rings. The second kappa shape index (κ2) is 12.7. The number of thioether (sulfide) groups is 1. The minimum atomic E-state index is -0.446. The Labute approximate surface area is 265 Å². The molecule has 212 valence electrons. The smallest absolute Gasteiger partial charge is 0.271 e. The molecule has 0 aliphatic carbocycles. The van der Waals surface area contributed by atoms with Crippen molar-refractivity contribution in [2.45, 2.75) is 20.5 Å². The summed E-state index contributed by atoms with van der Waals surface area (Å²) in [7, 11) is 0. The van der Waals surface area contributed by atoms with Gasteiger partial charge in [0.1, 0.15) is 12.4 Å². The number of nitro benzene ring substituents is 1. The molecule has 1 amide bonds. The molecule has 1 heterocycles. The number of rotatable bonds is 7. The second-order valence-electron chi connectivity index (χ2n) is 9.41. The van der Waals surface area contributed by atoms with Crippen LogP contribution in [0.2, 0.25) is 10.0 Å². The van der Waals surface area contributed by atoms with Gasteiger partial charge >= 0.3 is 0 Å². The largest absolute Gasteiger partial charge is 0.488 e. The van der Waals surface area contributed by atoms with Crippen LogP contribution in [-0.2, 0) is 11.4 Å². The topological polar surface area (TPSA) is 85.0 Å². The molecule has 1 aliphatic heterocycles. The van der Waals surface area contributed by atoms with E-state index in [0.717, 1.165) is 21.2 Å². The number of benzene rings is 4. The average Bonchev–Trinajstić information content (AvgIpc) is 3.26. The van der Waals surface area contributed by atoms with E-state index in [9.17, 15) is 14.9 Å². The molecule has 42 heavy (non-hydrogen) atoms. The van der Waals surface area contributed by atoms with Crippen molar-refractivity contribution in [1.82, 2.24) is 0 Å². The van der Waals surface area contributed by atoms with Crippen LogP contribution in [0, 0.1) is 24.0 Å². The van der Waals surface area contributed by atoms with E-state index in [-0.39, 0.29) is 18.2 Å². The number of nitrogens with zero attached hydrogens (tertiary/aromatic N) is 3.